The SMILES string of the molecule is COc1cc(C2/C(=C(\O)c3cc(Cl)cc(Cl)c3OC)C(=O)C(=O)N2CCCN(C)C)cc(OC)c1OC. The van der Waals surface area contributed by atoms with E-state index in [0.717, 1.165) is 0 Å². The van der Waals surface area contributed by atoms with Gasteiger partial charge in [0, 0.05) is 11.6 Å². The van der Waals surface area contributed by atoms with Gasteiger partial charge in [0.25, 0.3) is 11.7 Å². The van der Waals surface area contributed by atoms with Crippen molar-refractivity contribution in [3.05, 3.63) is 51.0 Å². The average molecular weight is 553 g/mol. The van der Waals surface area contributed by atoms with Crippen LogP contribution in [0.5, 0.6) is 23.0 Å². The van der Waals surface area contributed by atoms with Gasteiger partial charge in [-0.2, -0.15) is 0 Å². The Morgan fingerprint density at radius 2 is 1.54 bits per heavy atom. The van der Waals surface area contributed by atoms with E-state index in [2.05, 4.69) is 0 Å². The molecular weight excluding hydrogens is 523 g/mol. The lowest BCUT2D eigenvalue weighted by atomic mass is 9.94. The number of methoxy groups -OCH3 is 4. The second-order valence-electron chi connectivity index (χ2n) is 8.58. The standard InChI is InChI=1S/C26H30Cl2N2O7/c1-29(2)8-7-9-30-21(14-10-18(34-3)25(37-6)19(11-14)35-4)20(23(32)26(30)33)22(31)16-12-15(27)13-17(28)24(16)36-5/h10-13,21,31H,7-9H2,1-6H3/b22-20+. The van der Waals surface area contributed by atoms with E-state index >= 15 is 0 Å². The number of benzene rings is 2. The highest BCUT2D eigenvalue weighted by Crippen LogP contribution is 2.47. The maximum absolute atomic E-state index is 13.4. The summed E-state index contributed by atoms with van der Waals surface area (Å²) in [4.78, 5) is 30.1. The van der Waals surface area contributed by atoms with E-state index in [1.807, 2.05) is 19.0 Å². The first-order chi connectivity index (χ1) is 17.6. The number of carbonyl (C=O) groups excluding carboxylic acids is 2. The van der Waals surface area contributed by atoms with Gasteiger partial charge in [0.1, 0.15) is 11.5 Å². The zero-order valence-corrected chi connectivity index (χ0v) is 23.1. The van der Waals surface area contributed by atoms with E-state index in [1.54, 1.807) is 12.1 Å². The smallest absolute Gasteiger partial charge is 0.295 e. The number of hydrogen-bond acceptors (Lipinski definition) is 8. The molecule has 2 aromatic rings. The minimum Gasteiger partial charge on any atom is -0.507 e. The Labute approximate surface area is 226 Å². The van der Waals surface area contributed by atoms with Crippen molar-refractivity contribution in [1.29, 1.82) is 0 Å². The van der Waals surface area contributed by atoms with E-state index in [1.165, 1.54) is 45.5 Å². The molecular formula is C26H30Cl2N2O7. The van der Waals surface area contributed by atoms with Gasteiger partial charge in [0.15, 0.2) is 11.5 Å². The van der Waals surface area contributed by atoms with E-state index < -0.39 is 23.5 Å². The monoisotopic (exact) mass is 552 g/mol. The summed E-state index contributed by atoms with van der Waals surface area (Å²) in [5, 5.41) is 11.8. The summed E-state index contributed by atoms with van der Waals surface area (Å²) in [6.07, 6.45) is 0.591. The van der Waals surface area contributed by atoms with Crippen molar-refractivity contribution in [2.45, 2.75) is 12.5 Å². The minimum absolute atomic E-state index is 0.0868. The molecule has 0 spiro atoms. The topological polar surface area (TPSA) is 97.8 Å². The van der Waals surface area contributed by atoms with Crippen molar-refractivity contribution in [3.63, 3.8) is 0 Å². The van der Waals surface area contributed by atoms with Gasteiger partial charge in [-0.05, 0) is 56.9 Å². The van der Waals surface area contributed by atoms with Crippen molar-refractivity contribution in [1.82, 2.24) is 9.80 Å². The lowest BCUT2D eigenvalue weighted by Crippen LogP contribution is -2.32. The fourth-order valence-electron chi connectivity index (χ4n) is 4.36. The summed E-state index contributed by atoms with van der Waals surface area (Å²) in [5.41, 5.74) is 0.427. The highest BCUT2D eigenvalue weighted by molar-refractivity contribution is 6.46. The van der Waals surface area contributed by atoms with E-state index in [0.29, 0.717) is 35.8 Å². The first-order valence-electron chi connectivity index (χ1n) is 11.4. The van der Waals surface area contributed by atoms with Crippen molar-refractivity contribution < 1.29 is 33.6 Å². The molecule has 0 saturated carbocycles. The fourth-order valence-corrected chi connectivity index (χ4v) is 4.93. The molecule has 1 atom stereocenters. The molecule has 11 heteroatoms. The van der Waals surface area contributed by atoms with Crippen LogP contribution in [0.4, 0.5) is 0 Å². The first kappa shape index (κ1) is 28.4. The third kappa shape index (κ3) is 5.58. The number of ether oxygens (including phenoxy) is 4. The summed E-state index contributed by atoms with van der Waals surface area (Å²) in [6.45, 7) is 0.941. The van der Waals surface area contributed by atoms with Gasteiger partial charge in [-0.25, -0.2) is 0 Å². The van der Waals surface area contributed by atoms with Crippen LogP contribution in [0.3, 0.4) is 0 Å². The molecule has 0 bridgehead atoms. The molecule has 1 unspecified atom stereocenters. The number of ketones is 1. The van der Waals surface area contributed by atoms with Crippen LogP contribution in [0.2, 0.25) is 10.0 Å². The van der Waals surface area contributed by atoms with Crippen molar-refractivity contribution >= 4 is 40.7 Å². The molecule has 9 nitrogen and oxygen atoms in total. The predicted octanol–water partition coefficient (Wildman–Crippen LogP) is 4.40. The Bertz CT molecular complexity index is 1200. The van der Waals surface area contributed by atoms with Gasteiger partial charge in [-0.15, -0.1) is 0 Å². The molecule has 200 valence electrons. The Morgan fingerprint density at radius 1 is 0.946 bits per heavy atom. The van der Waals surface area contributed by atoms with Crippen LogP contribution in [0, 0.1) is 0 Å². The van der Waals surface area contributed by atoms with Gasteiger partial charge in [0.05, 0.1) is 50.6 Å². The number of aliphatic hydroxyl groups is 1. The molecule has 37 heavy (non-hydrogen) atoms. The quantitative estimate of drug-likeness (QED) is 0.263. The highest BCUT2D eigenvalue weighted by Gasteiger charge is 2.46. The van der Waals surface area contributed by atoms with E-state index in [4.69, 9.17) is 42.1 Å². The largest absolute Gasteiger partial charge is 0.507 e. The summed E-state index contributed by atoms with van der Waals surface area (Å²) in [5.74, 6) is -0.926. The highest BCUT2D eigenvalue weighted by atomic mass is 35.5. The third-order valence-corrected chi connectivity index (χ3v) is 6.51. The maximum Gasteiger partial charge on any atom is 0.295 e. The van der Waals surface area contributed by atoms with E-state index in [-0.39, 0.29) is 33.5 Å². The number of amides is 1. The lowest BCUT2D eigenvalue weighted by Gasteiger charge is -2.27. The molecule has 1 aliphatic heterocycles. The summed E-state index contributed by atoms with van der Waals surface area (Å²) >= 11 is 12.5. The van der Waals surface area contributed by atoms with Gasteiger partial charge in [-0.3, -0.25) is 9.59 Å². The van der Waals surface area contributed by atoms with Crippen LogP contribution in [-0.4, -0.2) is 82.2 Å². The summed E-state index contributed by atoms with van der Waals surface area (Å²) < 4.78 is 21.8. The number of rotatable bonds is 10. The Morgan fingerprint density at radius 3 is 2.05 bits per heavy atom. The predicted molar refractivity (Wildman–Crippen MR) is 141 cm³/mol. The Balaban J connectivity index is 2.30. The molecule has 1 fully saturated rings. The van der Waals surface area contributed by atoms with Crippen molar-refractivity contribution in [2.75, 3.05) is 55.6 Å². The summed E-state index contributed by atoms with van der Waals surface area (Å²) in [7, 11) is 9.62. The molecule has 1 amide bonds. The zero-order valence-electron chi connectivity index (χ0n) is 21.6. The van der Waals surface area contributed by atoms with Gasteiger partial charge >= 0.3 is 0 Å². The molecule has 1 aliphatic rings. The van der Waals surface area contributed by atoms with Crippen LogP contribution in [-0.2, 0) is 9.59 Å². The number of nitrogens with zero attached hydrogens (tertiary/aromatic N) is 2. The Kier molecular flexibility index (Phi) is 9.17. The maximum atomic E-state index is 13.4. The number of carbonyl (C=O) groups is 2. The average Bonchev–Trinajstić information content (AvgIpc) is 3.11. The van der Waals surface area contributed by atoms with Crippen LogP contribution >= 0.6 is 23.2 Å². The molecule has 1 saturated heterocycles. The van der Waals surface area contributed by atoms with Gasteiger partial charge in [0.2, 0.25) is 5.75 Å². The normalized spacial score (nSPS) is 16.9. The minimum atomic E-state index is -0.960. The lowest BCUT2D eigenvalue weighted by molar-refractivity contribution is -0.139. The van der Waals surface area contributed by atoms with Crippen LogP contribution in [0.15, 0.2) is 29.8 Å². The number of hydrogen-bond donors (Lipinski definition) is 1. The first-order valence-corrected chi connectivity index (χ1v) is 12.1. The number of aliphatic hydroxyl groups excluding tert-OH is 1. The second-order valence-corrected chi connectivity index (χ2v) is 9.42. The Hall–Kier alpha value is -3.14. The number of likely N-dealkylation sites (tertiary alicyclic amines) is 1. The van der Waals surface area contributed by atoms with Crippen LogP contribution < -0.4 is 18.9 Å². The van der Waals surface area contributed by atoms with E-state index in [9.17, 15) is 14.7 Å². The van der Waals surface area contributed by atoms with Crippen molar-refractivity contribution in [2.24, 2.45) is 0 Å². The molecule has 1 heterocycles. The molecule has 1 N–H and O–H groups in total. The molecule has 0 aromatic heterocycles. The molecule has 2 aromatic carbocycles. The van der Waals surface area contributed by atoms with Crippen molar-refractivity contribution in [3.8, 4) is 23.0 Å². The molecule has 0 radical (unpaired) electrons. The molecule has 0 aliphatic carbocycles. The zero-order chi connectivity index (χ0) is 27.4. The number of halogens is 2. The van der Waals surface area contributed by atoms with Crippen LogP contribution in [0.25, 0.3) is 5.76 Å². The van der Waals surface area contributed by atoms with Gasteiger partial charge in [-0.1, -0.05) is 23.2 Å². The number of Topliss-reactive ketones (excluding diaryl/α,β-unsaturated/α-hetero) is 1. The fraction of sp³-hybridized carbons (Fsp3) is 0.385. The van der Waals surface area contributed by atoms with Gasteiger partial charge < -0.3 is 33.9 Å². The molecule has 3 rings (SSSR count). The summed E-state index contributed by atoms with van der Waals surface area (Å²) in [6, 6.07) is 5.21. The van der Waals surface area contributed by atoms with Crippen LogP contribution in [0.1, 0.15) is 23.6 Å². The third-order valence-electron chi connectivity index (χ3n) is 6.01. The second kappa shape index (κ2) is 11.9.